The first-order valence-corrected chi connectivity index (χ1v) is 7.93. The van der Waals surface area contributed by atoms with Crippen LogP contribution in [0.3, 0.4) is 0 Å². The first-order valence-electron chi connectivity index (χ1n) is 7.93. The zero-order valence-corrected chi connectivity index (χ0v) is 14.2. The molecule has 0 saturated carbocycles. The Morgan fingerprint density at radius 1 is 0.846 bits per heavy atom. The number of hydrogen-bond donors (Lipinski definition) is 3. The van der Waals surface area contributed by atoms with Crippen LogP contribution in [0.5, 0.6) is 11.5 Å². The molecule has 1 amide bonds. The van der Waals surface area contributed by atoms with Crippen molar-refractivity contribution in [2.75, 3.05) is 23.9 Å². The van der Waals surface area contributed by atoms with Crippen molar-refractivity contribution in [3.8, 4) is 22.6 Å². The lowest BCUT2D eigenvalue weighted by atomic mass is 10.0. The van der Waals surface area contributed by atoms with Gasteiger partial charge in [-0.05, 0) is 54.1 Å². The molecule has 0 heterocycles. The maximum atomic E-state index is 12.3. The van der Waals surface area contributed by atoms with Gasteiger partial charge in [-0.3, -0.25) is 5.32 Å². The third kappa shape index (κ3) is 4.05. The van der Waals surface area contributed by atoms with Crippen molar-refractivity contribution in [1.82, 2.24) is 0 Å². The highest BCUT2D eigenvalue weighted by Crippen LogP contribution is 2.30. The molecule has 6 nitrogen and oxygen atoms in total. The molecule has 3 aromatic rings. The van der Waals surface area contributed by atoms with E-state index in [0.29, 0.717) is 28.6 Å². The largest absolute Gasteiger partial charge is 0.497 e. The zero-order chi connectivity index (χ0) is 18.5. The van der Waals surface area contributed by atoms with Gasteiger partial charge < -0.3 is 20.9 Å². The molecule has 0 radical (unpaired) electrons. The average Bonchev–Trinajstić information content (AvgIpc) is 2.63. The van der Waals surface area contributed by atoms with Crippen LogP contribution in [0, 0.1) is 0 Å². The van der Waals surface area contributed by atoms with E-state index in [2.05, 4.69) is 5.32 Å². The van der Waals surface area contributed by atoms with Crippen molar-refractivity contribution in [3.63, 3.8) is 0 Å². The number of carbonyl (C=O) groups excluding carboxylic acids is 1. The topological polar surface area (TPSA) is 99.6 Å². The lowest BCUT2D eigenvalue weighted by molar-refractivity contribution is 0.215. The van der Waals surface area contributed by atoms with Crippen LogP contribution in [-0.2, 0) is 0 Å². The Morgan fingerprint density at radius 3 is 2.12 bits per heavy atom. The van der Waals surface area contributed by atoms with Crippen LogP contribution in [0.25, 0.3) is 11.1 Å². The van der Waals surface area contributed by atoms with Gasteiger partial charge in [-0.15, -0.1) is 0 Å². The monoisotopic (exact) mass is 349 g/mol. The normalized spacial score (nSPS) is 10.2. The first kappa shape index (κ1) is 17.2. The summed E-state index contributed by atoms with van der Waals surface area (Å²) < 4.78 is 10.4. The highest BCUT2D eigenvalue weighted by atomic mass is 16.6. The Morgan fingerprint density at radius 2 is 1.46 bits per heavy atom. The molecule has 0 fully saturated rings. The molecule has 3 aromatic carbocycles. The van der Waals surface area contributed by atoms with E-state index < -0.39 is 6.09 Å². The molecule has 0 saturated heterocycles. The van der Waals surface area contributed by atoms with Gasteiger partial charge in [0.1, 0.15) is 11.5 Å². The number of anilines is 3. The van der Waals surface area contributed by atoms with E-state index in [1.165, 1.54) is 0 Å². The maximum absolute atomic E-state index is 12.3. The van der Waals surface area contributed by atoms with Gasteiger partial charge in [0.25, 0.3) is 0 Å². The van der Waals surface area contributed by atoms with E-state index in [-0.39, 0.29) is 0 Å². The molecule has 0 aliphatic carbocycles. The van der Waals surface area contributed by atoms with Crippen molar-refractivity contribution >= 4 is 23.2 Å². The smallest absolute Gasteiger partial charge is 0.417 e. The minimum Gasteiger partial charge on any atom is -0.497 e. The third-order valence-electron chi connectivity index (χ3n) is 3.77. The second-order valence-electron chi connectivity index (χ2n) is 5.62. The first-order chi connectivity index (χ1) is 12.5. The number of ether oxygens (including phenoxy) is 2. The van der Waals surface area contributed by atoms with E-state index in [4.69, 9.17) is 20.9 Å². The van der Waals surface area contributed by atoms with E-state index in [0.717, 1.165) is 11.1 Å². The Balaban J connectivity index is 1.80. The van der Waals surface area contributed by atoms with E-state index in [1.54, 1.807) is 55.6 Å². The zero-order valence-electron chi connectivity index (χ0n) is 14.2. The maximum Gasteiger partial charge on any atom is 0.417 e. The van der Waals surface area contributed by atoms with Gasteiger partial charge in [-0.2, -0.15) is 0 Å². The van der Waals surface area contributed by atoms with Gasteiger partial charge in [0.2, 0.25) is 0 Å². The fourth-order valence-corrected chi connectivity index (χ4v) is 2.47. The molecule has 6 heteroatoms. The van der Waals surface area contributed by atoms with Crippen molar-refractivity contribution in [1.29, 1.82) is 0 Å². The second-order valence-corrected chi connectivity index (χ2v) is 5.62. The van der Waals surface area contributed by atoms with Crippen LogP contribution in [0.4, 0.5) is 21.9 Å². The van der Waals surface area contributed by atoms with E-state index >= 15 is 0 Å². The molecule has 0 bridgehead atoms. The Kier molecular flexibility index (Phi) is 4.94. The number of nitrogens with two attached hydrogens (primary N) is 2. The number of nitrogens with one attached hydrogen (secondary N) is 1. The number of benzene rings is 3. The summed E-state index contributed by atoms with van der Waals surface area (Å²) in [6, 6.07) is 19.4. The lowest BCUT2D eigenvalue weighted by Crippen LogP contribution is -2.17. The minimum absolute atomic E-state index is 0.404. The highest BCUT2D eigenvalue weighted by molar-refractivity contribution is 5.93. The second kappa shape index (κ2) is 7.48. The molecule has 0 aromatic heterocycles. The van der Waals surface area contributed by atoms with Crippen LogP contribution in [0.2, 0.25) is 0 Å². The molecule has 132 valence electrons. The minimum atomic E-state index is -0.613. The van der Waals surface area contributed by atoms with Gasteiger partial charge in [0.05, 0.1) is 12.8 Å². The predicted molar refractivity (Wildman–Crippen MR) is 103 cm³/mol. The predicted octanol–water partition coefficient (Wildman–Crippen LogP) is 4.14. The number of rotatable bonds is 4. The summed E-state index contributed by atoms with van der Waals surface area (Å²) in [7, 11) is 1.57. The summed E-state index contributed by atoms with van der Waals surface area (Å²) in [6.07, 6.45) is -0.613. The standard InChI is InChI=1S/C20H19N3O3/c1-25-16-7-9-17(10-8-16)26-20(24)23-19-12-15(22)6-11-18(19)13-2-4-14(21)5-3-13/h2-12H,21-22H2,1H3,(H,23,24). The van der Waals surface area contributed by atoms with Gasteiger partial charge >= 0.3 is 6.09 Å². The summed E-state index contributed by atoms with van der Waals surface area (Å²) in [5, 5.41) is 2.74. The summed E-state index contributed by atoms with van der Waals surface area (Å²) in [6.45, 7) is 0. The Labute approximate surface area is 151 Å². The number of carbonyl (C=O) groups is 1. The van der Waals surface area contributed by atoms with Crippen LogP contribution >= 0.6 is 0 Å². The van der Waals surface area contributed by atoms with Crippen LogP contribution < -0.4 is 26.3 Å². The highest BCUT2D eigenvalue weighted by Gasteiger charge is 2.11. The molecule has 0 atom stereocenters. The lowest BCUT2D eigenvalue weighted by Gasteiger charge is -2.13. The summed E-state index contributed by atoms with van der Waals surface area (Å²) >= 11 is 0. The van der Waals surface area contributed by atoms with Gasteiger partial charge in [0, 0.05) is 16.9 Å². The molecule has 0 aliphatic heterocycles. The van der Waals surface area contributed by atoms with E-state index in [1.807, 2.05) is 18.2 Å². The van der Waals surface area contributed by atoms with Crippen molar-refractivity contribution in [2.45, 2.75) is 0 Å². The average molecular weight is 349 g/mol. The van der Waals surface area contributed by atoms with Crippen LogP contribution in [-0.4, -0.2) is 13.2 Å². The van der Waals surface area contributed by atoms with E-state index in [9.17, 15) is 4.79 Å². The van der Waals surface area contributed by atoms with Crippen LogP contribution in [0.1, 0.15) is 0 Å². The molecule has 5 N–H and O–H groups in total. The summed E-state index contributed by atoms with van der Waals surface area (Å²) in [5.41, 5.74) is 15.1. The molecule has 0 aliphatic rings. The van der Waals surface area contributed by atoms with Gasteiger partial charge in [0.15, 0.2) is 0 Å². The SMILES string of the molecule is COc1ccc(OC(=O)Nc2cc(N)ccc2-c2ccc(N)cc2)cc1. The third-order valence-corrected chi connectivity index (χ3v) is 3.77. The van der Waals surface area contributed by atoms with Crippen LogP contribution in [0.15, 0.2) is 66.7 Å². The number of amides is 1. The molecular formula is C20H19N3O3. The van der Waals surface area contributed by atoms with Crippen molar-refractivity contribution < 1.29 is 14.3 Å². The van der Waals surface area contributed by atoms with Crippen molar-refractivity contribution in [2.24, 2.45) is 0 Å². The summed E-state index contributed by atoms with van der Waals surface area (Å²) in [5.74, 6) is 1.08. The fraction of sp³-hybridized carbons (Fsp3) is 0.0500. The number of nitrogen functional groups attached to an aromatic ring is 2. The number of methoxy groups -OCH3 is 1. The Bertz CT molecular complexity index is 907. The molecule has 0 spiro atoms. The van der Waals surface area contributed by atoms with Crippen molar-refractivity contribution in [3.05, 3.63) is 66.7 Å². The quantitative estimate of drug-likeness (QED) is 0.615. The summed E-state index contributed by atoms with van der Waals surface area (Å²) in [4.78, 5) is 12.3. The Hall–Kier alpha value is -3.67. The molecule has 0 unspecified atom stereocenters. The molecular weight excluding hydrogens is 330 g/mol. The van der Waals surface area contributed by atoms with Gasteiger partial charge in [-0.1, -0.05) is 18.2 Å². The van der Waals surface area contributed by atoms with Gasteiger partial charge in [-0.25, -0.2) is 4.79 Å². The number of hydrogen-bond acceptors (Lipinski definition) is 5. The molecule has 26 heavy (non-hydrogen) atoms. The fourth-order valence-electron chi connectivity index (χ4n) is 2.47. The molecule has 3 rings (SSSR count).